The van der Waals surface area contributed by atoms with Gasteiger partial charge >= 0.3 is 0 Å². The Kier molecular flexibility index (Phi) is 4.30. The fraction of sp³-hybridized carbons (Fsp3) is 0.400. The van der Waals surface area contributed by atoms with Crippen LogP contribution in [0.5, 0.6) is 0 Å². The molecule has 0 amide bonds. The lowest BCUT2D eigenvalue weighted by Crippen LogP contribution is -2.40. The fourth-order valence-corrected chi connectivity index (χ4v) is 1.76. The predicted molar refractivity (Wildman–Crippen MR) is 75.8 cm³/mol. The Balaban J connectivity index is 2.74. The van der Waals surface area contributed by atoms with E-state index in [0.29, 0.717) is 12.1 Å². The minimum Gasteiger partial charge on any atom is -0.399 e. The van der Waals surface area contributed by atoms with E-state index in [9.17, 15) is 4.79 Å². The largest absolute Gasteiger partial charge is 0.399 e. The standard InChI is InChI=1S/C15H22N2O/c1-10(16)12-7-5-11(6-8-12)9-13(17)14(18)15(2,3)4/h5-8,13H,1,9,16-17H2,2-4H3. The third-order valence-corrected chi connectivity index (χ3v) is 2.86. The zero-order chi connectivity index (χ0) is 13.9. The number of rotatable bonds is 4. The summed E-state index contributed by atoms with van der Waals surface area (Å²) in [6, 6.07) is 7.20. The lowest BCUT2D eigenvalue weighted by Gasteiger charge is -2.21. The highest BCUT2D eigenvalue weighted by atomic mass is 16.1. The van der Waals surface area contributed by atoms with Gasteiger partial charge in [0.25, 0.3) is 0 Å². The topological polar surface area (TPSA) is 69.1 Å². The van der Waals surface area contributed by atoms with Gasteiger partial charge in [-0.1, -0.05) is 51.6 Å². The normalized spacial score (nSPS) is 13.1. The molecular weight excluding hydrogens is 224 g/mol. The molecule has 1 rings (SSSR count). The number of carbonyl (C=O) groups excluding carboxylic acids is 1. The predicted octanol–water partition coefficient (Wildman–Crippen LogP) is 2.10. The Morgan fingerprint density at radius 2 is 1.78 bits per heavy atom. The van der Waals surface area contributed by atoms with Crippen LogP contribution in [0.3, 0.4) is 0 Å². The van der Waals surface area contributed by atoms with Gasteiger partial charge in [0.15, 0.2) is 5.78 Å². The van der Waals surface area contributed by atoms with Crippen LogP contribution in [0.4, 0.5) is 0 Å². The van der Waals surface area contributed by atoms with Gasteiger partial charge in [-0.2, -0.15) is 0 Å². The molecule has 0 saturated heterocycles. The third-order valence-electron chi connectivity index (χ3n) is 2.86. The second-order valence-corrected chi connectivity index (χ2v) is 5.65. The van der Waals surface area contributed by atoms with Gasteiger partial charge in [-0.15, -0.1) is 0 Å². The monoisotopic (exact) mass is 246 g/mol. The van der Waals surface area contributed by atoms with Crippen molar-refractivity contribution in [1.82, 2.24) is 0 Å². The lowest BCUT2D eigenvalue weighted by atomic mass is 9.84. The average molecular weight is 246 g/mol. The van der Waals surface area contributed by atoms with E-state index in [1.807, 2.05) is 45.0 Å². The minimum atomic E-state index is -0.461. The third kappa shape index (κ3) is 3.70. The van der Waals surface area contributed by atoms with Gasteiger partial charge in [-0.25, -0.2) is 0 Å². The van der Waals surface area contributed by atoms with Crippen molar-refractivity contribution in [2.45, 2.75) is 33.2 Å². The van der Waals surface area contributed by atoms with E-state index >= 15 is 0 Å². The molecule has 98 valence electrons. The molecule has 0 spiro atoms. The van der Waals surface area contributed by atoms with Gasteiger partial charge in [0.2, 0.25) is 0 Å². The molecule has 0 heterocycles. The second-order valence-electron chi connectivity index (χ2n) is 5.65. The highest BCUT2D eigenvalue weighted by Gasteiger charge is 2.26. The van der Waals surface area contributed by atoms with Crippen molar-refractivity contribution in [3.8, 4) is 0 Å². The summed E-state index contributed by atoms with van der Waals surface area (Å²) in [4.78, 5) is 12.0. The smallest absolute Gasteiger partial charge is 0.155 e. The van der Waals surface area contributed by atoms with E-state index in [1.165, 1.54) is 0 Å². The van der Waals surface area contributed by atoms with Gasteiger partial charge < -0.3 is 11.5 Å². The SMILES string of the molecule is C=C(N)c1ccc(CC(N)C(=O)C(C)(C)C)cc1. The average Bonchev–Trinajstić information content (AvgIpc) is 2.27. The second kappa shape index (κ2) is 5.36. The molecule has 0 radical (unpaired) electrons. The molecule has 3 heteroatoms. The zero-order valence-corrected chi connectivity index (χ0v) is 11.4. The van der Waals surface area contributed by atoms with Gasteiger partial charge in [0.1, 0.15) is 0 Å². The van der Waals surface area contributed by atoms with Crippen LogP contribution in [-0.4, -0.2) is 11.8 Å². The Hall–Kier alpha value is -1.61. The van der Waals surface area contributed by atoms with E-state index in [4.69, 9.17) is 11.5 Å². The Morgan fingerprint density at radius 3 is 2.17 bits per heavy atom. The van der Waals surface area contributed by atoms with Crippen LogP contribution >= 0.6 is 0 Å². The van der Waals surface area contributed by atoms with Crippen LogP contribution in [0.1, 0.15) is 31.9 Å². The molecule has 18 heavy (non-hydrogen) atoms. The number of hydrogen-bond acceptors (Lipinski definition) is 3. The summed E-state index contributed by atoms with van der Waals surface area (Å²) in [7, 11) is 0. The van der Waals surface area contributed by atoms with Crippen LogP contribution in [0, 0.1) is 5.41 Å². The van der Waals surface area contributed by atoms with Crippen LogP contribution < -0.4 is 11.5 Å². The highest BCUT2D eigenvalue weighted by Crippen LogP contribution is 2.18. The van der Waals surface area contributed by atoms with Crippen molar-refractivity contribution in [2.24, 2.45) is 16.9 Å². The Bertz CT molecular complexity index is 441. The van der Waals surface area contributed by atoms with Gasteiger partial charge in [0.05, 0.1) is 6.04 Å². The molecule has 3 nitrogen and oxygen atoms in total. The molecule has 0 aliphatic heterocycles. The number of benzene rings is 1. The first kappa shape index (κ1) is 14.5. The number of nitrogens with two attached hydrogens (primary N) is 2. The first-order valence-electron chi connectivity index (χ1n) is 6.05. The molecule has 4 N–H and O–H groups in total. The molecular formula is C15H22N2O. The van der Waals surface area contributed by atoms with Crippen LogP contribution in [-0.2, 0) is 11.2 Å². The van der Waals surface area contributed by atoms with E-state index in [2.05, 4.69) is 6.58 Å². The van der Waals surface area contributed by atoms with Crippen molar-refractivity contribution >= 4 is 11.5 Å². The first-order chi connectivity index (χ1) is 8.21. The molecule has 1 aromatic carbocycles. The van der Waals surface area contributed by atoms with Crippen molar-refractivity contribution in [3.05, 3.63) is 42.0 Å². The maximum absolute atomic E-state index is 12.0. The van der Waals surface area contributed by atoms with E-state index in [0.717, 1.165) is 11.1 Å². The van der Waals surface area contributed by atoms with Gasteiger partial charge in [-0.3, -0.25) is 4.79 Å². The molecule has 0 fully saturated rings. The maximum atomic E-state index is 12.0. The van der Waals surface area contributed by atoms with Crippen molar-refractivity contribution in [2.75, 3.05) is 0 Å². The summed E-state index contributed by atoms with van der Waals surface area (Å²) in [5, 5.41) is 0. The molecule has 0 aliphatic carbocycles. The van der Waals surface area contributed by atoms with Gasteiger partial charge in [-0.05, 0) is 17.5 Å². The summed E-state index contributed by atoms with van der Waals surface area (Å²) >= 11 is 0. The number of hydrogen-bond donors (Lipinski definition) is 2. The number of ketones is 1. The number of Topliss-reactive ketones (excluding diaryl/α,β-unsaturated/α-hetero) is 1. The van der Waals surface area contributed by atoms with E-state index in [-0.39, 0.29) is 5.78 Å². The molecule has 0 aliphatic rings. The first-order valence-corrected chi connectivity index (χ1v) is 6.05. The molecule has 1 unspecified atom stereocenters. The molecule has 1 aromatic rings. The van der Waals surface area contributed by atoms with Gasteiger partial charge in [0, 0.05) is 11.1 Å². The molecule has 1 atom stereocenters. The van der Waals surface area contributed by atoms with Crippen molar-refractivity contribution in [3.63, 3.8) is 0 Å². The van der Waals surface area contributed by atoms with E-state index in [1.54, 1.807) is 0 Å². The van der Waals surface area contributed by atoms with E-state index < -0.39 is 11.5 Å². The Morgan fingerprint density at radius 1 is 1.28 bits per heavy atom. The number of carbonyl (C=O) groups is 1. The highest BCUT2D eigenvalue weighted by molar-refractivity contribution is 5.88. The van der Waals surface area contributed by atoms with Crippen molar-refractivity contribution < 1.29 is 4.79 Å². The summed E-state index contributed by atoms with van der Waals surface area (Å²) in [6.07, 6.45) is 0.549. The maximum Gasteiger partial charge on any atom is 0.155 e. The summed E-state index contributed by atoms with van der Waals surface area (Å²) in [5.74, 6) is 0.0785. The summed E-state index contributed by atoms with van der Waals surface area (Å²) in [5.41, 5.74) is 13.6. The lowest BCUT2D eigenvalue weighted by molar-refractivity contribution is -0.127. The minimum absolute atomic E-state index is 0.0785. The van der Waals surface area contributed by atoms with Crippen molar-refractivity contribution in [1.29, 1.82) is 0 Å². The molecule has 0 bridgehead atoms. The Labute approximate surface area is 109 Å². The summed E-state index contributed by atoms with van der Waals surface area (Å²) in [6.45, 7) is 9.33. The van der Waals surface area contributed by atoms with Crippen LogP contribution in [0.2, 0.25) is 0 Å². The summed E-state index contributed by atoms with van der Waals surface area (Å²) < 4.78 is 0. The van der Waals surface area contributed by atoms with Crippen LogP contribution in [0.25, 0.3) is 5.70 Å². The molecule has 0 aromatic heterocycles. The fourth-order valence-electron chi connectivity index (χ4n) is 1.76. The van der Waals surface area contributed by atoms with Crippen LogP contribution in [0.15, 0.2) is 30.8 Å². The molecule has 0 saturated carbocycles. The quantitative estimate of drug-likeness (QED) is 0.854. The zero-order valence-electron chi connectivity index (χ0n) is 11.4.